The average Bonchev–Trinajstić information content (AvgIpc) is 1.91. The number of primary amides is 1. The molecular formula is C7H16N2O. The summed E-state index contributed by atoms with van der Waals surface area (Å²) in [4.78, 5) is 8.58. The molecular weight excluding hydrogens is 128 g/mol. The molecule has 0 aromatic carbocycles. The molecule has 1 aliphatic heterocycles. The molecule has 1 atom stereocenters. The zero-order chi connectivity index (χ0) is 7.82. The van der Waals surface area contributed by atoms with Gasteiger partial charge >= 0.3 is 0 Å². The minimum Gasteiger partial charge on any atom is -0.372 e. The molecule has 0 aromatic heterocycles. The van der Waals surface area contributed by atoms with Crippen molar-refractivity contribution in [1.29, 1.82) is 0 Å². The van der Waals surface area contributed by atoms with Crippen molar-refractivity contribution in [2.45, 2.75) is 19.8 Å². The van der Waals surface area contributed by atoms with Crippen LogP contribution in [0.5, 0.6) is 0 Å². The Hall–Kier alpha value is -0.570. The van der Waals surface area contributed by atoms with Crippen molar-refractivity contribution < 1.29 is 4.79 Å². The van der Waals surface area contributed by atoms with E-state index in [0.29, 0.717) is 0 Å². The third kappa shape index (κ3) is 5.56. The molecule has 0 bridgehead atoms. The van der Waals surface area contributed by atoms with Crippen molar-refractivity contribution in [3.63, 3.8) is 0 Å². The van der Waals surface area contributed by atoms with Gasteiger partial charge in [-0.05, 0) is 31.8 Å². The van der Waals surface area contributed by atoms with Crippen LogP contribution in [-0.4, -0.2) is 19.5 Å². The largest absolute Gasteiger partial charge is 0.372 e. The van der Waals surface area contributed by atoms with Crippen LogP contribution in [0.1, 0.15) is 19.8 Å². The van der Waals surface area contributed by atoms with E-state index in [1.54, 1.807) is 0 Å². The van der Waals surface area contributed by atoms with E-state index in [2.05, 4.69) is 18.0 Å². The maximum atomic E-state index is 8.58. The highest BCUT2D eigenvalue weighted by Crippen LogP contribution is 2.06. The van der Waals surface area contributed by atoms with Gasteiger partial charge in [-0.25, -0.2) is 0 Å². The first-order valence-corrected chi connectivity index (χ1v) is 3.67. The van der Waals surface area contributed by atoms with E-state index >= 15 is 0 Å². The minimum atomic E-state index is 0.250. The molecule has 3 N–H and O–H groups in total. The number of carbonyl (C=O) groups is 1. The SMILES string of the molecule is C[C@H]1CCCNC1.NC=O. The molecule has 3 heteroatoms. The number of hydrogen-bond donors (Lipinski definition) is 2. The Morgan fingerprint density at radius 3 is 2.50 bits per heavy atom. The highest BCUT2D eigenvalue weighted by molar-refractivity contribution is 5.42. The van der Waals surface area contributed by atoms with Crippen LogP contribution in [-0.2, 0) is 4.79 Å². The standard InChI is InChI=1S/C6H13N.CH3NO/c1-6-3-2-4-7-5-6;2-1-3/h6-7H,2-5H2,1H3;1H,(H2,2,3)/t6-;/m0./s1. The van der Waals surface area contributed by atoms with Crippen molar-refractivity contribution >= 4 is 6.41 Å². The topological polar surface area (TPSA) is 55.1 Å². The quantitative estimate of drug-likeness (QED) is 0.474. The zero-order valence-electron chi connectivity index (χ0n) is 6.47. The number of piperidine rings is 1. The van der Waals surface area contributed by atoms with Gasteiger partial charge in [0.25, 0.3) is 0 Å². The lowest BCUT2D eigenvalue weighted by atomic mass is 10.0. The summed E-state index contributed by atoms with van der Waals surface area (Å²) in [5.41, 5.74) is 4.17. The second-order valence-corrected chi connectivity index (χ2v) is 2.59. The van der Waals surface area contributed by atoms with Crippen LogP contribution in [0.25, 0.3) is 0 Å². The minimum absolute atomic E-state index is 0.250. The molecule has 0 saturated carbocycles. The van der Waals surface area contributed by atoms with E-state index in [-0.39, 0.29) is 6.41 Å². The Balaban J connectivity index is 0.000000236. The van der Waals surface area contributed by atoms with Crippen LogP contribution in [0.3, 0.4) is 0 Å². The molecule has 1 aliphatic rings. The van der Waals surface area contributed by atoms with Gasteiger partial charge in [0.05, 0.1) is 0 Å². The Labute approximate surface area is 62.0 Å². The second kappa shape index (κ2) is 6.55. The molecule has 3 nitrogen and oxygen atoms in total. The lowest BCUT2D eigenvalue weighted by Crippen LogP contribution is -2.27. The van der Waals surface area contributed by atoms with Crippen LogP contribution in [0.2, 0.25) is 0 Å². The molecule has 0 radical (unpaired) electrons. The summed E-state index contributed by atoms with van der Waals surface area (Å²) in [5, 5.41) is 3.33. The van der Waals surface area contributed by atoms with Gasteiger partial charge in [0.2, 0.25) is 6.41 Å². The van der Waals surface area contributed by atoms with Crippen LogP contribution in [0.4, 0.5) is 0 Å². The monoisotopic (exact) mass is 144 g/mol. The first-order chi connectivity index (χ1) is 4.81. The summed E-state index contributed by atoms with van der Waals surface area (Å²) in [5.74, 6) is 0.925. The molecule has 1 rings (SSSR count). The van der Waals surface area contributed by atoms with Crippen molar-refractivity contribution in [3.05, 3.63) is 0 Å². The van der Waals surface area contributed by atoms with Crippen molar-refractivity contribution in [1.82, 2.24) is 5.32 Å². The smallest absolute Gasteiger partial charge is 0.204 e. The summed E-state index contributed by atoms with van der Waals surface area (Å²) >= 11 is 0. The number of hydrogen-bond acceptors (Lipinski definition) is 2. The van der Waals surface area contributed by atoms with Gasteiger partial charge in [0.15, 0.2) is 0 Å². The number of nitrogens with one attached hydrogen (secondary N) is 1. The Morgan fingerprint density at radius 2 is 2.30 bits per heavy atom. The maximum Gasteiger partial charge on any atom is 0.204 e. The van der Waals surface area contributed by atoms with Crippen LogP contribution in [0.15, 0.2) is 0 Å². The number of rotatable bonds is 0. The predicted octanol–water partition coefficient (Wildman–Crippen LogP) is 0.107. The first kappa shape index (κ1) is 9.43. The molecule has 0 unspecified atom stereocenters. The Kier molecular flexibility index (Phi) is 6.18. The van der Waals surface area contributed by atoms with Gasteiger partial charge in [0.1, 0.15) is 0 Å². The maximum absolute atomic E-state index is 8.58. The van der Waals surface area contributed by atoms with Gasteiger partial charge in [-0.3, -0.25) is 4.79 Å². The van der Waals surface area contributed by atoms with Crippen molar-refractivity contribution in [2.24, 2.45) is 11.7 Å². The summed E-state index contributed by atoms with van der Waals surface area (Å²) in [6, 6.07) is 0. The van der Waals surface area contributed by atoms with E-state index in [1.807, 2.05) is 0 Å². The van der Waals surface area contributed by atoms with Gasteiger partial charge in [0, 0.05) is 0 Å². The second-order valence-electron chi connectivity index (χ2n) is 2.59. The highest BCUT2D eigenvalue weighted by atomic mass is 16.1. The van der Waals surface area contributed by atoms with E-state index in [4.69, 9.17) is 4.79 Å². The van der Waals surface area contributed by atoms with E-state index < -0.39 is 0 Å². The van der Waals surface area contributed by atoms with Crippen LogP contribution >= 0.6 is 0 Å². The summed E-state index contributed by atoms with van der Waals surface area (Å²) in [6.07, 6.45) is 3.05. The fourth-order valence-electron chi connectivity index (χ4n) is 1.03. The summed E-state index contributed by atoms with van der Waals surface area (Å²) < 4.78 is 0. The predicted molar refractivity (Wildman–Crippen MR) is 41.5 cm³/mol. The lowest BCUT2D eigenvalue weighted by Gasteiger charge is -2.17. The molecule has 60 valence electrons. The third-order valence-electron chi connectivity index (χ3n) is 1.54. The third-order valence-corrected chi connectivity index (χ3v) is 1.54. The Bertz CT molecular complexity index is 79.7. The molecule has 0 aliphatic carbocycles. The van der Waals surface area contributed by atoms with Crippen LogP contribution < -0.4 is 11.1 Å². The molecule has 0 spiro atoms. The molecule has 10 heavy (non-hydrogen) atoms. The normalized spacial score (nSPS) is 24.3. The van der Waals surface area contributed by atoms with E-state index in [0.717, 1.165) is 5.92 Å². The van der Waals surface area contributed by atoms with E-state index in [1.165, 1.54) is 25.9 Å². The molecule has 1 fully saturated rings. The lowest BCUT2D eigenvalue weighted by molar-refractivity contribution is -0.106. The molecule has 1 saturated heterocycles. The Morgan fingerprint density at radius 1 is 1.70 bits per heavy atom. The van der Waals surface area contributed by atoms with Crippen LogP contribution in [0, 0.1) is 5.92 Å². The fraction of sp³-hybridized carbons (Fsp3) is 0.857. The molecule has 1 heterocycles. The highest BCUT2D eigenvalue weighted by Gasteiger charge is 2.04. The summed E-state index contributed by atoms with van der Waals surface area (Å²) in [6.45, 7) is 4.77. The van der Waals surface area contributed by atoms with Gasteiger partial charge in [-0.1, -0.05) is 6.92 Å². The summed E-state index contributed by atoms with van der Waals surface area (Å²) in [7, 11) is 0. The number of carbonyl (C=O) groups excluding carboxylic acids is 1. The fourth-order valence-corrected chi connectivity index (χ4v) is 1.03. The van der Waals surface area contributed by atoms with Gasteiger partial charge in [-0.2, -0.15) is 0 Å². The van der Waals surface area contributed by atoms with Gasteiger partial charge in [-0.15, -0.1) is 0 Å². The van der Waals surface area contributed by atoms with Gasteiger partial charge < -0.3 is 11.1 Å². The number of amides is 1. The zero-order valence-corrected chi connectivity index (χ0v) is 6.47. The van der Waals surface area contributed by atoms with Crippen molar-refractivity contribution in [3.8, 4) is 0 Å². The van der Waals surface area contributed by atoms with Crippen molar-refractivity contribution in [2.75, 3.05) is 13.1 Å². The molecule has 0 aromatic rings. The first-order valence-electron chi connectivity index (χ1n) is 3.67. The average molecular weight is 144 g/mol. The van der Waals surface area contributed by atoms with E-state index in [9.17, 15) is 0 Å². The molecule has 1 amide bonds. The number of nitrogens with two attached hydrogens (primary N) is 1.